The predicted octanol–water partition coefficient (Wildman–Crippen LogP) is 1.26. The van der Waals surface area contributed by atoms with Gasteiger partial charge in [-0.05, 0) is 18.6 Å². The maximum Gasteiger partial charge on any atom is 0.142 e. The van der Waals surface area contributed by atoms with E-state index in [4.69, 9.17) is 9.47 Å². The molecule has 1 N–H and O–H groups in total. The molecule has 0 aliphatic carbocycles. The van der Waals surface area contributed by atoms with Crippen molar-refractivity contribution in [1.82, 2.24) is 5.32 Å². The fraction of sp³-hybridized carbons (Fsp3) is 0.571. The van der Waals surface area contributed by atoms with E-state index >= 15 is 0 Å². The third-order valence-corrected chi connectivity index (χ3v) is 3.46. The zero-order valence-corrected chi connectivity index (χ0v) is 10.6. The fourth-order valence-electron chi connectivity index (χ4n) is 2.57. The number of fused-ring (bicyclic) bond motifs is 1. The SMILES string of the molecule is c1ccc2c(c1)OCCCN2CC1CNCCO1. The molecule has 4 heteroatoms. The zero-order valence-electron chi connectivity index (χ0n) is 10.6. The third kappa shape index (κ3) is 2.60. The Morgan fingerprint density at radius 1 is 1.28 bits per heavy atom. The summed E-state index contributed by atoms with van der Waals surface area (Å²) in [5.74, 6) is 0.999. The predicted molar refractivity (Wildman–Crippen MR) is 71.4 cm³/mol. The number of hydrogen-bond donors (Lipinski definition) is 1. The Morgan fingerprint density at radius 3 is 3.11 bits per heavy atom. The number of nitrogens with zero attached hydrogens (tertiary/aromatic N) is 1. The van der Waals surface area contributed by atoms with Crippen molar-refractivity contribution >= 4 is 5.69 Å². The first-order chi connectivity index (χ1) is 8.93. The number of anilines is 1. The summed E-state index contributed by atoms with van der Waals surface area (Å²) in [6.45, 7) is 5.51. The van der Waals surface area contributed by atoms with E-state index in [-0.39, 0.29) is 6.10 Å². The second-order valence-electron chi connectivity index (χ2n) is 4.81. The van der Waals surface area contributed by atoms with Crippen molar-refractivity contribution in [2.24, 2.45) is 0 Å². The van der Waals surface area contributed by atoms with Gasteiger partial charge in [-0.3, -0.25) is 0 Å². The van der Waals surface area contributed by atoms with Crippen molar-refractivity contribution in [2.45, 2.75) is 12.5 Å². The Hall–Kier alpha value is -1.26. The van der Waals surface area contributed by atoms with Crippen LogP contribution in [0.2, 0.25) is 0 Å². The number of nitrogens with one attached hydrogen (secondary N) is 1. The van der Waals surface area contributed by atoms with Gasteiger partial charge < -0.3 is 19.7 Å². The minimum atomic E-state index is 0.282. The van der Waals surface area contributed by atoms with Crippen molar-refractivity contribution in [3.8, 4) is 5.75 Å². The molecule has 1 fully saturated rings. The van der Waals surface area contributed by atoms with Crippen molar-refractivity contribution < 1.29 is 9.47 Å². The van der Waals surface area contributed by atoms with Gasteiger partial charge in [0.25, 0.3) is 0 Å². The summed E-state index contributed by atoms with van der Waals surface area (Å²) in [5, 5.41) is 3.38. The molecule has 98 valence electrons. The minimum absolute atomic E-state index is 0.282. The molecule has 2 aliphatic heterocycles. The van der Waals surface area contributed by atoms with Gasteiger partial charge >= 0.3 is 0 Å². The van der Waals surface area contributed by atoms with E-state index in [2.05, 4.69) is 22.3 Å². The van der Waals surface area contributed by atoms with Crippen LogP contribution >= 0.6 is 0 Å². The molecule has 18 heavy (non-hydrogen) atoms. The first-order valence-corrected chi connectivity index (χ1v) is 6.72. The van der Waals surface area contributed by atoms with Gasteiger partial charge in [-0.25, -0.2) is 0 Å². The van der Waals surface area contributed by atoms with E-state index < -0.39 is 0 Å². The van der Waals surface area contributed by atoms with E-state index in [0.29, 0.717) is 0 Å². The maximum atomic E-state index is 5.79. The molecule has 4 nitrogen and oxygen atoms in total. The lowest BCUT2D eigenvalue weighted by Crippen LogP contribution is -2.45. The van der Waals surface area contributed by atoms with Gasteiger partial charge in [-0.1, -0.05) is 12.1 Å². The monoisotopic (exact) mass is 248 g/mol. The standard InChI is InChI=1S/C14H20N2O2/c1-2-5-14-13(4-1)16(7-3-8-18-14)11-12-10-15-6-9-17-12/h1-2,4-5,12,15H,3,6-11H2. The van der Waals surface area contributed by atoms with Gasteiger partial charge in [0, 0.05) is 26.2 Å². The Morgan fingerprint density at radius 2 is 2.22 bits per heavy atom. The summed E-state index contributed by atoms with van der Waals surface area (Å²) >= 11 is 0. The topological polar surface area (TPSA) is 33.7 Å². The average molecular weight is 248 g/mol. The van der Waals surface area contributed by atoms with Gasteiger partial charge in [0.2, 0.25) is 0 Å². The Kier molecular flexibility index (Phi) is 3.67. The highest BCUT2D eigenvalue weighted by atomic mass is 16.5. The normalized spacial score (nSPS) is 24.0. The van der Waals surface area contributed by atoms with Gasteiger partial charge in [-0.15, -0.1) is 0 Å². The zero-order chi connectivity index (χ0) is 12.2. The quantitative estimate of drug-likeness (QED) is 0.854. The van der Waals surface area contributed by atoms with Crippen LogP contribution in [-0.2, 0) is 4.74 Å². The summed E-state index contributed by atoms with van der Waals surface area (Å²) in [7, 11) is 0. The van der Waals surface area contributed by atoms with E-state index in [1.165, 1.54) is 5.69 Å². The highest BCUT2D eigenvalue weighted by Gasteiger charge is 2.21. The highest BCUT2D eigenvalue weighted by molar-refractivity contribution is 5.59. The van der Waals surface area contributed by atoms with Crippen LogP contribution in [0.25, 0.3) is 0 Å². The van der Waals surface area contributed by atoms with Crippen molar-refractivity contribution in [1.29, 1.82) is 0 Å². The summed E-state index contributed by atoms with van der Waals surface area (Å²) in [6, 6.07) is 8.28. The molecule has 0 saturated carbocycles. The van der Waals surface area contributed by atoms with E-state index in [1.807, 2.05) is 12.1 Å². The summed E-state index contributed by atoms with van der Waals surface area (Å²) in [6.07, 6.45) is 1.35. The number of rotatable bonds is 2. The lowest BCUT2D eigenvalue weighted by atomic mass is 10.2. The molecule has 0 aromatic heterocycles. The highest BCUT2D eigenvalue weighted by Crippen LogP contribution is 2.30. The van der Waals surface area contributed by atoms with E-state index in [9.17, 15) is 0 Å². The Balaban J connectivity index is 1.74. The van der Waals surface area contributed by atoms with Crippen molar-refractivity contribution in [3.63, 3.8) is 0 Å². The first kappa shape index (κ1) is 11.8. The molecule has 2 aliphatic rings. The largest absolute Gasteiger partial charge is 0.491 e. The van der Waals surface area contributed by atoms with Gasteiger partial charge in [0.05, 0.1) is 25.0 Å². The molecule has 1 saturated heterocycles. The van der Waals surface area contributed by atoms with E-state index in [1.54, 1.807) is 0 Å². The number of para-hydroxylation sites is 2. The molecular weight excluding hydrogens is 228 g/mol. The van der Waals surface area contributed by atoms with Crippen LogP contribution in [0.15, 0.2) is 24.3 Å². The van der Waals surface area contributed by atoms with E-state index in [0.717, 1.165) is 51.6 Å². The third-order valence-electron chi connectivity index (χ3n) is 3.46. The van der Waals surface area contributed by atoms with Crippen molar-refractivity contribution in [3.05, 3.63) is 24.3 Å². The van der Waals surface area contributed by atoms with Crippen LogP contribution in [0.4, 0.5) is 5.69 Å². The molecule has 1 atom stereocenters. The molecule has 3 rings (SSSR count). The van der Waals surface area contributed by atoms with Crippen LogP contribution in [0.5, 0.6) is 5.75 Å². The number of hydrogen-bond acceptors (Lipinski definition) is 4. The fourth-order valence-corrected chi connectivity index (χ4v) is 2.57. The molecule has 0 radical (unpaired) electrons. The lowest BCUT2D eigenvalue weighted by Gasteiger charge is -2.31. The van der Waals surface area contributed by atoms with Crippen LogP contribution < -0.4 is 15.0 Å². The molecule has 0 spiro atoms. The maximum absolute atomic E-state index is 5.79. The summed E-state index contributed by atoms with van der Waals surface area (Å²) in [4.78, 5) is 2.39. The smallest absolute Gasteiger partial charge is 0.142 e. The Bertz CT molecular complexity index is 391. The first-order valence-electron chi connectivity index (χ1n) is 6.72. The minimum Gasteiger partial charge on any atom is -0.491 e. The van der Waals surface area contributed by atoms with Crippen molar-refractivity contribution in [2.75, 3.05) is 44.3 Å². The van der Waals surface area contributed by atoms with Crippen LogP contribution in [0, 0.1) is 0 Å². The van der Waals surface area contributed by atoms with Crippen LogP contribution in [0.1, 0.15) is 6.42 Å². The van der Waals surface area contributed by atoms with Gasteiger partial charge in [0.15, 0.2) is 0 Å². The second-order valence-corrected chi connectivity index (χ2v) is 4.81. The number of morpholine rings is 1. The second kappa shape index (κ2) is 5.59. The molecule has 0 bridgehead atoms. The molecule has 1 unspecified atom stereocenters. The molecule has 0 amide bonds. The average Bonchev–Trinajstić information content (AvgIpc) is 2.63. The number of ether oxygens (including phenoxy) is 2. The van der Waals surface area contributed by atoms with Crippen LogP contribution in [0.3, 0.4) is 0 Å². The molecule has 2 heterocycles. The van der Waals surface area contributed by atoms with Gasteiger partial charge in [-0.2, -0.15) is 0 Å². The Labute approximate surface area is 108 Å². The molecule has 1 aromatic carbocycles. The molecule has 1 aromatic rings. The van der Waals surface area contributed by atoms with Gasteiger partial charge in [0.1, 0.15) is 5.75 Å². The van der Waals surface area contributed by atoms with Crippen LogP contribution in [-0.4, -0.2) is 45.5 Å². The summed E-state index contributed by atoms with van der Waals surface area (Å²) in [5.41, 5.74) is 1.20. The summed E-state index contributed by atoms with van der Waals surface area (Å²) < 4.78 is 11.6. The number of benzene rings is 1. The molecular formula is C14H20N2O2. The lowest BCUT2D eigenvalue weighted by molar-refractivity contribution is 0.0334.